The number of rotatable bonds is 6. The highest BCUT2D eigenvalue weighted by Gasteiger charge is 2.16. The molecule has 0 aliphatic heterocycles. The maximum atomic E-state index is 13.6. The Labute approximate surface area is 109 Å². The van der Waals surface area contributed by atoms with Crippen molar-refractivity contribution in [3.05, 3.63) is 29.1 Å². The lowest BCUT2D eigenvalue weighted by molar-refractivity contribution is 0.199. The minimum absolute atomic E-state index is 0.248. The fourth-order valence-corrected chi connectivity index (χ4v) is 2.18. The van der Waals surface area contributed by atoms with Crippen LogP contribution in [0.1, 0.15) is 50.8 Å². The van der Waals surface area contributed by atoms with Gasteiger partial charge < -0.3 is 10.0 Å². The maximum Gasteiger partial charge on any atom is 0.126 e. The molecule has 0 aliphatic carbocycles. The molecule has 0 bridgehead atoms. The van der Waals surface area contributed by atoms with E-state index in [0.29, 0.717) is 11.1 Å². The second kappa shape index (κ2) is 6.74. The van der Waals surface area contributed by atoms with Crippen molar-refractivity contribution in [2.45, 2.75) is 46.6 Å². The van der Waals surface area contributed by atoms with Crippen LogP contribution in [0.15, 0.2) is 12.1 Å². The van der Waals surface area contributed by atoms with Gasteiger partial charge in [-0.05, 0) is 44.4 Å². The first-order chi connectivity index (χ1) is 8.51. The van der Waals surface area contributed by atoms with Crippen molar-refractivity contribution in [2.24, 2.45) is 0 Å². The van der Waals surface area contributed by atoms with Gasteiger partial charge in [0.2, 0.25) is 0 Å². The lowest BCUT2D eigenvalue weighted by Crippen LogP contribution is -2.26. The molecule has 2 nitrogen and oxygen atoms in total. The van der Waals surface area contributed by atoms with E-state index in [2.05, 4.69) is 18.7 Å². The van der Waals surface area contributed by atoms with Gasteiger partial charge in [0.05, 0.1) is 6.10 Å². The highest BCUT2D eigenvalue weighted by atomic mass is 19.1. The second-order valence-corrected chi connectivity index (χ2v) is 4.82. The largest absolute Gasteiger partial charge is 0.389 e. The predicted molar refractivity (Wildman–Crippen MR) is 74.6 cm³/mol. The Hall–Kier alpha value is -1.09. The zero-order valence-electron chi connectivity index (χ0n) is 11.8. The van der Waals surface area contributed by atoms with E-state index in [9.17, 15) is 9.50 Å². The third kappa shape index (κ3) is 3.45. The number of hydrogen-bond donors (Lipinski definition) is 1. The molecule has 0 aromatic heterocycles. The van der Waals surface area contributed by atoms with Crippen molar-refractivity contribution in [2.75, 3.05) is 18.0 Å². The fourth-order valence-electron chi connectivity index (χ4n) is 2.18. The van der Waals surface area contributed by atoms with Crippen LogP contribution in [-0.4, -0.2) is 18.2 Å². The Balaban J connectivity index is 3.21. The second-order valence-electron chi connectivity index (χ2n) is 4.82. The molecule has 0 saturated carbocycles. The summed E-state index contributed by atoms with van der Waals surface area (Å²) in [6, 6.07) is 3.32. The molecule has 1 N–H and O–H groups in total. The van der Waals surface area contributed by atoms with Gasteiger partial charge in [-0.1, -0.05) is 13.8 Å². The van der Waals surface area contributed by atoms with E-state index in [-0.39, 0.29) is 5.82 Å². The van der Waals surface area contributed by atoms with E-state index in [0.717, 1.165) is 31.6 Å². The van der Waals surface area contributed by atoms with Gasteiger partial charge in [0.1, 0.15) is 5.82 Å². The summed E-state index contributed by atoms with van der Waals surface area (Å²) in [5.74, 6) is -0.248. The van der Waals surface area contributed by atoms with Crippen LogP contribution in [0, 0.1) is 12.7 Å². The average Bonchev–Trinajstić information content (AvgIpc) is 2.31. The normalized spacial score (nSPS) is 12.6. The number of halogens is 1. The number of nitrogens with zero attached hydrogens (tertiary/aromatic N) is 1. The highest BCUT2D eigenvalue weighted by Crippen LogP contribution is 2.29. The topological polar surface area (TPSA) is 23.5 Å². The molecule has 1 rings (SSSR count). The van der Waals surface area contributed by atoms with Crippen molar-refractivity contribution in [1.82, 2.24) is 0 Å². The summed E-state index contributed by atoms with van der Waals surface area (Å²) < 4.78 is 13.6. The summed E-state index contributed by atoms with van der Waals surface area (Å²) in [4.78, 5) is 2.23. The Morgan fingerprint density at radius 2 is 1.78 bits per heavy atom. The van der Waals surface area contributed by atoms with Crippen LogP contribution in [0.25, 0.3) is 0 Å². The van der Waals surface area contributed by atoms with Crippen LogP contribution in [0.5, 0.6) is 0 Å². The van der Waals surface area contributed by atoms with E-state index in [1.54, 1.807) is 13.8 Å². The van der Waals surface area contributed by atoms with E-state index in [1.165, 1.54) is 6.07 Å². The van der Waals surface area contributed by atoms with E-state index in [4.69, 9.17) is 0 Å². The molecule has 3 heteroatoms. The lowest BCUT2D eigenvalue weighted by Gasteiger charge is -2.28. The lowest BCUT2D eigenvalue weighted by atomic mass is 10.0. The van der Waals surface area contributed by atoms with Crippen LogP contribution >= 0.6 is 0 Å². The van der Waals surface area contributed by atoms with Gasteiger partial charge >= 0.3 is 0 Å². The van der Waals surface area contributed by atoms with Crippen molar-refractivity contribution >= 4 is 5.69 Å². The van der Waals surface area contributed by atoms with Crippen LogP contribution in [0.2, 0.25) is 0 Å². The van der Waals surface area contributed by atoms with Crippen LogP contribution < -0.4 is 4.90 Å². The molecule has 0 fully saturated rings. The first-order valence-corrected chi connectivity index (χ1v) is 6.74. The summed E-state index contributed by atoms with van der Waals surface area (Å²) in [6.07, 6.45) is 1.43. The zero-order valence-corrected chi connectivity index (χ0v) is 11.8. The Morgan fingerprint density at radius 3 is 2.22 bits per heavy atom. The summed E-state index contributed by atoms with van der Waals surface area (Å²) in [6.45, 7) is 9.56. The van der Waals surface area contributed by atoms with Crippen molar-refractivity contribution in [3.63, 3.8) is 0 Å². The van der Waals surface area contributed by atoms with Gasteiger partial charge in [-0.25, -0.2) is 4.39 Å². The van der Waals surface area contributed by atoms with Crippen LogP contribution in [-0.2, 0) is 0 Å². The molecule has 18 heavy (non-hydrogen) atoms. The number of benzene rings is 1. The van der Waals surface area contributed by atoms with Crippen molar-refractivity contribution in [1.29, 1.82) is 0 Å². The van der Waals surface area contributed by atoms with E-state index in [1.807, 2.05) is 6.07 Å². The molecular formula is C15H24FNO. The Morgan fingerprint density at radius 1 is 1.22 bits per heavy atom. The summed E-state index contributed by atoms with van der Waals surface area (Å²) in [7, 11) is 0. The maximum absolute atomic E-state index is 13.6. The monoisotopic (exact) mass is 253 g/mol. The number of hydrogen-bond acceptors (Lipinski definition) is 2. The fraction of sp³-hybridized carbons (Fsp3) is 0.600. The van der Waals surface area contributed by atoms with Gasteiger partial charge in [-0.2, -0.15) is 0 Å². The van der Waals surface area contributed by atoms with Crippen LogP contribution in [0.4, 0.5) is 10.1 Å². The van der Waals surface area contributed by atoms with E-state index >= 15 is 0 Å². The number of aryl methyl sites for hydroxylation is 1. The third-order valence-corrected chi connectivity index (χ3v) is 3.09. The standard InChI is InChI=1S/C15H24FNO/c1-5-7-17(8-6-2)15-9-11(3)14(16)10-13(15)12(4)18/h9-10,12,18H,5-8H2,1-4H3. The van der Waals surface area contributed by atoms with Gasteiger partial charge in [0.25, 0.3) is 0 Å². The number of aliphatic hydroxyl groups excluding tert-OH is 1. The summed E-state index contributed by atoms with van der Waals surface area (Å²) in [5, 5.41) is 9.81. The highest BCUT2D eigenvalue weighted by molar-refractivity contribution is 5.56. The first-order valence-electron chi connectivity index (χ1n) is 6.74. The Bertz CT molecular complexity index is 384. The van der Waals surface area contributed by atoms with Crippen molar-refractivity contribution in [3.8, 4) is 0 Å². The van der Waals surface area contributed by atoms with Crippen molar-refractivity contribution < 1.29 is 9.50 Å². The third-order valence-electron chi connectivity index (χ3n) is 3.09. The smallest absolute Gasteiger partial charge is 0.126 e. The SMILES string of the molecule is CCCN(CCC)c1cc(C)c(F)cc1C(C)O. The van der Waals surface area contributed by atoms with Gasteiger partial charge in [0, 0.05) is 24.3 Å². The van der Waals surface area contributed by atoms with Crippen LogP contribution in [0.3, 0.4) is 0 Å². The minimum atomic E-state index is -0.647. The quantitative estimate of drug-likeness (QED) is 0.833. The molecule has 1 atom stereocenters. The molecule has 0 heterocycles. The molecule has 0 aliphatic rings. The zero-order chi connectivity index (χ0) is 13.7. The Kier molecular flexibility index (Phi) is 5.60. The summed E-state index contributed by atoms with van der Waals surface area (Å²) in [5.41, 5.74) is 2.28. The molecule has 0 spiro atoms. The van der Waals surface area contributed by atoms with Gasteiger partial charge in [0.15, 0.2) is 0 Å². The molecule has 1 aromatic rings. The number of anilines is 1. The minimum Gasteiger partial charge on any atom is -0.389 e. The summed E-state index contributed by atoms with van der Waals surface area (Å²) >= 11 is 0. The number of aliphatic hydroxyl groups is 1. The molecule has 0 radical (unpaired) electrons. The molecule has 102 valence electrons. The first kappa shape index (κ1) is 15.0. The molecule has 1 unspecified atom stereocenters. The van der Waals surface area contributed by atoms with Gasteiger partial charge in [-0.3, -0.25) is 0 Å². The predicted octanol–water partition coefficient (Wildman–Crippen LogP) is 3.81. The molecule has 1 aromatic carbocycles. The van der Waals surface area contributed by atoms with Gasteiger partial charge in [-0.15, -0.1) is 0 Å². The van der Waals surface area contributed by atoms with E-state index < -0.39 is 6.10 Å². The molecule has 0 saturated heterocycles. The average molecular weight is 253 g/mol. The molecular weight excluding hydrogens is 229 g/mol. The molecule has 0 amide bonds.